The van der Waals surface area contributed by atoms with Gasteiger partial charge in [0.05, 0.1) is 11.4 Å². The van der Waals surface area contributed by atoms with Gasteiger partial charge in [-0.3, -0.25) is 0 Å². The van der Waals surface area contributed by atoms with Crippen molar-refractivity contribution in [3.05, 3.63) is 148 Å². The monoisotopic (exact) mass is 955 g/mol. The van der Waals surface area contributed by atoms with Crippen molar-refractivity contribution in [2.75, 3.05) is 9.80 Å². The molecule has 0 radical (unpaired) electrons. The summed E-state index contributed by atoms with van der Waals surface area (Å²) >= 11 is 2.07. The molecule has 7 aromatic rings. The Kier molecular flexibility index (Phi) is 10.5. The van der Waals surface area contributed by atoms with Gasteiger partial charge in [-0.2, -0.15) is 0 Å². The fraction of sp³-hybridized carbons (Fsp3) is 0.433. The Bertz CT molecular complexity index is 3340. The zero-order chi connectivity index (χ0) is 50.9. The molecule has 1 aromatic heterocycles. The molecule has 0 N–H and O–H groups in total. The summed E-state index contributed by atoms with van der Waals surface area (Å²) in [6, 6.07) is 41.8. The summed E-state index contributed by atoms with van der Waals surface area (Å²) in [7, 11) is 0. The number of hydrogen-bond acceptors (Lipinski definition) is 3. The molecular weight excluding hydrogens is 876 g/mol. The molecule has 4 aliphatic rings. The van der Waals surface area contributed by atoms with E-state index < -0.39 is 0 Å². The van der Waals surface area contributed by atoms with E-state index in [1.54, 1.807) is 0 Å². The second kappa shape index (κ2) is 15.5. The minimum Gasteiger partial charge on any atom is -0.311 e. The van der Waals surface area contributed by atoms with E-state index in [0.717, 1.165) is 0 Å². The summed E-state index contributed by atoms with van der Waals surface area (Å²) in [6.07, 6.45) is 4.76. The molecular formula is C67H79BN2S. The quantitative estimate of drug-likeness (QED) is 0.163. The summed E-state index contributed by atoms with van der Waals surface area (Å²) in [5.74, 6) is 0. The van der Waals surface area contributed by atoms with Crippen LogP contribution in [0.3, 0.4) is 0 Å². The first-order chi connectivity index (χ1) is 33.0. The molecule has 71 heavy (non-hydrogen) atoms. The molecule has 366 valence electrons. The standard InChI is InChI=1S/C67H79BN2S/c1-40-32-47-49(66(15,16)30-28-64(47,11)12)38-54(40)70-56-36-44(63(8,9)10)35-55-58(56)68(60-59(70)46-37-48-50(39-57(46)71-60)67(17,18)31-29-65(48,13)14)51-34-43(62(5,6)7)25-27-53(51)69(55)52-26-24-42(61(2,3)4)33-45(52)41-22-20-19-21-23-41/h19-27,32-39H,28-31H2,1-18H3. The normalized spacial score (nSPS) is 18.4. The van der Waals surface area contributed by atoms with Crippen molar-refractivity contribution in [2.45, 2.75) is 188 Å². The molecule has 0 saturated carbocycles. The van der Waals surface area contributed by atoms with Gasteiger partial charge in [-0.1, -0.05) is 172 Å². The highest BCUT2D eigenvalue weighted by atomic mass is 32.1. The van der Waals surface area contributed by atoms with Crippen molar-refractivity contribution in [3.63, 3.8) is 0 Å². The lowest BCUT2D eigenvalue weighted by Crippen LogP contribution is -2.60. The zero-order valence-electron chi connectivity index (χ0n) is 46.5. The largest absolute Gasteiger partial charge is 0.311 e. The fourth-order valence-electron chi connectivity index (χ4n) is 13.0. The first kappa shape index (κ1) is 48.2. The van der Waals surface area contributed by atoms with Crippen LogP contribution >= 0.6 is 11.3 Å². The highest BCUT2D eigenvalue weighted by Gasteiger charge is 2.49. The highest BCUT2D eigenvalue weighted by molar-refractivity contribution is 7.33. The lowest BCUT2D eigenvalue weighted by atomic mass is 9.36. The van der Waals surface area contributed by atoms with E-state index in [-0.39, 0.29) is 44.6 Å². The Balaban J connectivity index is 1.32. The molecule has 3 heterocycles. The average molecular weight is 955 g/mol. The molecule has 0 atom stereocenters. The Labute approximate surface area is 432 Å². The first-order valence-corrected chi connectivity index (χ1v) is 27.7. The molecule has 0 fully saturated rings. The van der Waals surface area contributed by atoms with Crippen LogP contribution in [0.25, 0.3) is 21.2 Å². The molecule has 2 nitrogen and oxygen atoms in total. The van der Waals surface area contributed by atoms with Gasteiger partial charge in [-0.25, -0.2) is 0 Å². The van der Waals surface area contributed by atoms with Crippen LogP contribution in [0.5, 0.6) is 0 Å². The van der Waals surface area contributed by atoms with Gasteiger partial charge in [0.25, 0.3) is 6.71 Å². The number of hydrogen-bond donors (Lipinski definition) is 0. The van der Waals surface area contributed by atoms with Crippen LogP contribution in [0.1, 0.15) is 188 Å². The zero-order valence-corrected chi connectivity index (χ0v) is 47.3. The summed E-state index contributed by atoms with van der Waals surface area (Å²) < 4.78 is 2.87. The molecule has 4 heteroatoms. The number of rotatable bonds is 3. The van der Waals surface area contributed by atoms with E-state index in [1.807, 2.05) is 0 Å². The van der Waals surface area contributed by atoms with Gasteiger partial charge in [-0.05, 0) is 180 Å². The van der Waals surface area contributed by atoms with E-state index >= 15 is 0 Å². The molecule has 0 bridgehead atoms. The predicted octanol–water partition coefficient (Wildman–Crippen LogP) is 17.5. The summed E-state index contributed by atoms with van der Waals surface area (Å²) in [5, 5.41) is 1.40. The molecule has 2 aliphatic heterocycles. The Morgan fingerprint density at radius 2 is 0.958 bits per heavy atom. The highest BCUT2D eigenvalue weighted by Crippen LogP contribution is 2.56. The van der Waals surface area contributed by atoms with Gasteiger partial charge in [0.2, 0.25) is 0 Å². The maximum atomic E-state index is 2.80. The van der Waals surface area contributed by atoms with Gasteiger partial charge in [0.15, 0.2) is 0 Å². The predicted molar refractivity (Wildman–Crippen MR) is 313 cm³/mol. The second-order valence-corrected chi connectivity index (χ2v) is 29.2. The topological polar surface area (TPSA) is 6.48 Å². The minimum absolute atomic E-state index is 0.0157. The van der Waals surface area contributed by atoms with E-state index in [4.69, 9.17) is 0 Å². The number of benzene rings is 6. The smallest absolute Gasteiger partial charge is 0.264 e. The second-order valence-electron chi connectivity index (χ2n) is 28.1. The van der Waals surface area contributed by atoms with Crippen molar-refractivity contribution >= 4 is 78.0 Å². The number of anilines is 6. The SMILES string of the molecule is Cc1cc2c(cc1N1c3cc(C(C)(C)C)cc4c3B(c3cc(C(C)(C)C)ccc3N4c3ccc(C(C)(C)C)cc3-c3ccccc3)c3sc4cc5c(cc4c31)C(C)(C)CCC5(C)C)C(C)(C)CCC2(C)C. The first-order valence-electron chi connectivity index (χ1n) is 26.9. The summed E-state index contributed by atoms with van der Waals surface area (Å²) in [6.45, 7) is 43.7. The van der Waals surface area contributed by atoms with Crippen molar-refractivity contribution in [3.8, 4) is 11.1 Å². The Hall–Kier alpha value is -5.06. The third-order valence-electron chi connectivity index (χ3n) is 18.0. The maximum absolute atomic E-state index is 2.80. The van der Waals surface area contributed by atoms with E-state index in [1.165, 1.54) is 141 Å². The minimum atomic E-state index is -0.129. The summed E-state index contributed by atoms with van der Waals surface area (Å²) in [5.41, 5.74) is 24.8. The number of nitrogens with zero attached hydrogens (tertiary/aromatic N) is 2. The molecule has 0 amide bonds. The van der Waals surface area contributed by atoms with E-state index in [9.17, 15) is 0 Å². The summed E-state index contributed by atoms with van der Waals surface area (Å²) in [4.78, 5) is 5.49. The fourth-order valence-corrected chi connectivity index (χ4v) is 14.3. The molecule has 2 aliphatic carbocycles. The number of thiophene rings is 1. The van der Waals surface area contributed by atoms with Crippen LogP contribution in [-0.4, -0.2) is 6.71 Å². The molecule has 0 spiro atoms. The van der Waals surface area contributed by atoms with Gasteiger partial charge in [0, 0.05) is 43.2 Å². The third kappa shape index (κ3) is 7.52. The van der Waals surface area contributed by atoms with Crippen LogP contribution in [-0.2, 0) is 37.9 Å². The van der Waals surface area contributed by atoms with Crippen molar-refractivity contribution < 1.29 is 0 Å². The molecule has 0 saturated heterocycles. The maximum Gasteiger partial charge on any atom is 0.264 e. The number of fused-ring (bicyclic) bond motifs is 8. The Morgan fingerprint density at radius 1 is 0.465 bits per heavy atom. The molecule has 0 unspecified atom stereocenters. The molecule has 11 rings (SSSR count). The third-order valence-corrected chi connectivity index (χ3v) is 19.2. The van der Waals surface area contributed by atoms with Gasteiger partial charge in [0.1, 0.15) is 0 Å². The van der Waals surface area contributed by atoms with Crippen molar-refractivity contribution in [1.82, 2.24) is 0 Å². The van der Waals surface area contributed by atoms with Crippen molar-refractivity contribution in [2.24, 2.45) is 0 Å². The van der Waals surface area contributed by atoms with Crippen LogP contribution in [0.2, 0.25) is 0 Å². The lowest BCUT2D eigenvalue weighted by Gasteiger charge is -2.46. The molecule has 6 aromatic carbocycles. The van der Waals surface area contributed by atoms with Gasteiger partial charge in [-0.15, -0.1) is 11.3 Å². The lowest BCUT2D eigenvalue weighted by molar-refractivity contribution is 0.332. The van der Waals surface area contributed by atoms with Gasteiger partial charge < -0.3 is 9.80 Å². The van der Waals surface area contributed by atoms with Crippen LogP contribution < -0.4 is 25.5 Å². The van der Waals surface area contributed by atoms with Crippen LogP contribution in [0.15, 0.2) is 103 Å². The number of aryl methyl sites for hydroxylation is 1. The average Bonchev–Trinajstić information content (AvgIpc) is 3.66. The van der Waals surface area contributed by atoms with Crippen molar-refractivity contribution in [1.29, 1.82) is 0 Å². The Morgan fingerprint density at radius 3 is 1.52 bits per heavy atom. The van der Waals surface area contributed by atoms with Crippen LogP contribution in [0.4, 0.5) is 34.1 Å². The van der Waals surface area contributed by atoms with E-state index in [0.29, 0.717) is 0 Å². The van der Waals surface area contributed by atoms with E-state index in [2.05, 4.69) is 249 Å². The van der Waals surface area contributed by atoms with Gasteiger partial charge >= 0.3 is 0 Å². The van der Waals surface area contributed by atoms with Crippen LogP contribution in [0, 0.1) is 6.92 Å².